The van der Waals surface area contributed by atoms with E-state index in [1.807, 2.05) is 97.1 Å². The Balaban J connectivity index is 1.72. The first-order valence-electron chi connectivity index (χ1n) is 11.6. The number of benzene rings is 4. The number of ether oxygens (including phenoxy) is 2. The van der Waals surface area contributed by atoms with Gasteiger partial charge in [0.15, 0.2) is 0 Å². The van der Waals surface area contributed by atoms with Crippen molar-refractivity contribution in [3.63, 3.8) is 0 Å². The van der Waals surface area contributed by atoms with Gasteiger partial charge in [-0.15, -0.1) is 0 Å². The molecule has 172 valence electrons. The van der Waals surface area contributed by atoms with Gasteiger partial charge < -0.3 is 9.47 Å². The Kier molecular flexibility index (Phi) is 4.68. The third kappa shape index (κ3) is 2.62. The van der Waals surface area contributed by atoms with E-state index < -0.39 is 10.8 Å². The fraction of sp³-hybridized carbons (Fsp3) is 0.161. The topological polar surface area (TPSA) is 52.6 Å². The van der Waals surface area contributed by atoms with Crippen LogP contribution in [-0.4, -0.2) is 26.2 Å². The smallest absolute Gasteiger partial charge is 0.320 e. The zero-order valence-corrected chi connectivity index (χ0v) is 19.6. The molecule has 4 aromatic carbocycles. The van der Waals surface area contributed by atoms with Crippen molar-refractivity contribution in [3.05, 3.63) is 119 Å². The predicted molar refractivity (Wildman–Crippen MR) is 134 cm³/mol. The number of carbonyl (C=O) groups is 2. The molecule has 35 heavy (non-hydrogen) atoms. The van der Waals surface area contributed by atoms with Crippen molar-refractivity contribution in [3.8, 4) is 22.3 Å². The lowest BCUT2D eigenvalue weighted by Gasteiger charge is -2.38. The summed E-state index contributed by atoms with van der Waals surface area (Å²) >= 11 is 0. The molecule has 0 saturated carbocycles. The number of esters is 2. The molecule has 0 aliphatic heterocycles. The first kappa shape index (κ1) is 21.4. The van der Waals surface area contributed by atoms with Gasteiger partial charge in [-0.3, -0.25) is 9.59 Å². The Morgan fingerprint density at radius 3 is 1.03 bits per heavy atom. The standard InChI is InChI=1S/C31H24O4/c1-34-28(32)30(24-15-7-3-11-20(24)21-12-4-8-16-25(21)30)19-31(29(33)35-2)26-17-9-5-13-22(26)23-14-6-10-18-27(23)31/h3-18H,19H2,1-2H3. The van der Waals surface area contributed by atoms with Gasteiger partial charge in [-0.2, -0.15) is 0 Å². The summed E-state index contributed by atoms with van der Waals surface area (Å²) in [6.07, 6.45) is 0.154. The van der Waals surface area contributed by atoms with Gasteiger partial charge in [0.2, 0.25) is 0 Å². The van der Waals surface area contributed by atoms with Crippen molar-refractivity contribution in [2.24, 2.45) is 0 Å². The molecule has 0 atom stereocenters. The van der Waals surface area contributed by atoms with Gasteiger partial charge in [-0.25, -0.2) is 0 Å². The molecular weight excluding hydrogens is 436 g/mol. The van der Waals surface area contributed by atoms with Crippen LogP contribution in [0.15, 0.2) is 97.1 Å². The summed E-state index contributed by atoms with van der Waals surface area (Å²) in [6.45, 7) is 0. The molecule has 0 N–H and O–H groups in total. The quantitative estimate of drug-likeness (QED) is 0.369. The van der Waals surface area contributed by atoms with Gasteiger partial charge in [0.05, 0.1) is 14.2 Å². The van der Waals surface area contributed by atoms with Crippen molar-refractivity contribution in [1.82, 2.24) is 0 Å². The van der Waals surface area contributed by atoms with E-state index in [0.717, 1.165) is 44.5 Å². The van der Waals surface area contributed by atoms with Gasteiger partial charge in [0, 0.05) is 0 Å². The molecule has 0 unspecified atom stereocenters. The molecule has 0 bridgehead atoms. The van der Waals surface area contributed by atoms with Crippen LogP contribution in [0.3, 0.4) is 0 Å². The molecule has 0 fully saturated rings. The second kappa shape index (κ2) is 7.67. The molecule has 4 nitrogen and oxygen atoms in total. The highest BCUT2D eigenvalue weighted by atomic mass is 16.5. The molecule has 0 spiro atoms. The minimum Gasteiger partial charge on any atom is -0.468 e. The normalized spacial score (nSPS) is 15.4. The van der Waals surface area contributed by atoms with Crippen LogP contribution in [0.2, 0.25) is 0 Å². The first-order chi connectivity index (χ1) is 17.1. The maximum atomic E-state index is 14.0. The van der Waals surface area contributed by atoms with Crippen LogP contribution < -0.4 is 0 Å². The summed E-state index contributed by atoms with van der Waals surface area (Å²) in [5.74, 6) is -0.778. The lowest BCUT2D eigenvalue weighted by molar-refractivity contribution is -0.150. The van der Waals surface area contributed by atoms with Crippen LogP contribution >= 0.6 is 0 Å². The predicted octanol–water partition coefficient (Wildman–Crippen LogP) is 5.66. The van der Waals surface area contributed by atoms with E-state index in [0.29, 0.717) is 0 Å². The van der Waals surface area contributed by atoms with E-state index in [-0.39, 0.29) is 18.4 Å². The summed E-state index contributed by atoms with van der Waals surface area (Å²) in [5.41, 5.74) is 4.91. The van der Waals surface area contributed by atoms with Crippen molar-refractivity contribution >= 4 is 11.9 Å². The third-order valence-electron chi connectivity index (χ3n) is 7.73. The van der Waals surface area contributed by atoms with Crippen LogP contribution in [-0.2, 0) is 29.9 Å². The van der Waals surface area contributed by atoms with Crippen LogP contribution in [0.4, 0.5) is 0 Å². The van der Waals surface area contributed by atoms with Gasteiger partial charge in [0.1, 0.15) is 10.8 Å². The Bertz CT molecular complexity index is 1300. The number of carbonyl (C=O) groups excluding carboxylic acids is 2. The molecular formula is C31H24O4. The highest BCUT2D eigenvalue weighted by Crippen LogP contribution is 2.60. The summed E-state index contributed by atoms with van der Waals surface area (Å²) in [4.78, 5) is 27.9. The van der Waals surface area contributed by atoms with Crippen molar-refractivity contribution < 1.29 is 19.1 Å². The fourth-order valence-corrected chi connectivity index (χ4v) is 6.36. The monoisotopic (exact) mass is 460 g/mol. The van der Waals surface area contributed by atoms with E-state index >= 15 is 0 Å². The molecule has 0 radical (unpaired) electrons. The molecule has 6 rings (SSSR count). The second-order valence-corrected chi connectivity index (χ2v) is 9.15. The van der Waals surface area contributed by atoms with Crippen LogP contribution in [0.25, 0.3) is 22.3 Å². The van der Waals surface area contributed by atoms with Gasteiger partial charge in [-0.1, -0.05) is 97.1 Å². The highest BCUT2D eigenvalue weighted by molar-refractivity contribution is 6.03. The van der Waals surface area contributed by atoms with Gasteiger partial charge in [-0.05, 0) is 50.9 Å². The summed E-state index contributed by atoms with van der Waals surface area (Å²) < 4.78 is 11.0. The second-order valence-electron chi connectivity index (χ2n) is 9.15. The largest absolute Gasteiger partial charge is 0.468 e. The van der Waals surface area contributed by atoms with E-state index in [9.17, 15) is 9.59 Å². The van der Waals surface area contributed by atoms with Crippen molar-refractivity contribution in [2.75, 3.05) is 14.2 Å². The summed E-state index contributed by atoms with van der Waals surface area (Å²) in [6, 6.07) is 31.6. The van der Waals surface area contributed by atoms with Crippen LogP contribution in [0, 0.1) is 0 Å². The SMILES string of the molecule is COC(=O)C1(CC2(C(=O)OC)c3ccccc3-c3ccccc32)c2ccccc2-c2ccccc21. The Hall–Kier alpha value is -4.18. The van der Waals surface area contributed by atoms with E-state index in [2.05, 4.69) is 0 Å². The van der Waals surface area contributed by atoms with Crippen LogP contribution in [0.5, 0.6) is 0 Å². The number of methoxy groups -OCH3 is 2. The molecule has 0 saturated heterocycles. The number of hydrogen-bond donors (Lipinski definition) is 0. The van der Waals surface area contributed by atoms with E-state index in [4.69, 9.17) is 9.47 Å². The highest BCUT2D eigenvalue weighted by Gasteiger charge is 2.60. The maximum Gasteiger partial charge on any atom is 0.320 e. The zero-order chi connectivity index (χ0) is 24.2. The van der Waals surface area contributed by atoms with Crippen molar-refractivity contribution in [1.29, 1.82) is 0 Å². The Morgan fingerprint density at radius 2 is 0.771 bits per heavy atom. The number of rotatable bonds is 4. The fourth-order valence-electron chi connectivity index (χ4n) is 6.36. The third-order valence-corrected chi connectivity index (χ3v) is 7.73. The molecule has 4 heteroatoms. The average molecular weight is 461 g/mol. The molecule has 0 heterocycles. The lowest BCUT2D eigenvalue weighted by Crippen LogP contribution is -2.47. The molecule has 0 amide bonds. The van der Waals surface area contributed by atoms with Gasteiger partial charge in [0.25, 0.3) is 0 Å². The molecule has 4 aromatic rings. The lowest BCUT2D eigenvalue weighted by atomic mass is 9.62. The number of fused-ring (bicyclic) bond motifs is 6. The zero-order valence-electron chi connectivity index (χ0n) is 19.6. The number of hydrogen-bond acceptors (Lipinski definition) is 4. The molecule has 2 aliphatic carbocycles. The minimum atomic E-state index is -1.19. The Morgan fingerprint density at radius 1 is 0.514 bits per heavy atom. The molecule has 2 aliphatic rings. The minimum absolute atomic E-state index is 0.154. The first-order valence-corrected chi connectivity index (χ1v) is 11.6. The summed E-state index contributed by atoms with van der Waals surface area (Å²) in [7, 11) is 2.82. The maximum absolute atomic E-state index is 14.0. The average Bonchev–Trinajstić information content (AvgIpc) is 3.37. The van der Waals surface area contributed by atoms with Gasteiger partial charge >= 0.3 is 11.9 Å². The van der Waals surface area contributed by atoms with Crippen molar-refractivity contribution in [2.45, 2.75) is 17.3 Å². The van der Waals surface area contributed by atoms with E-state index in [1.165, 1.54) is 14.2 Å². The summed E-state index contributed by atoms with van der Waals surface area (Å²) in [5, 5.41) is 0. The van der Waals surface area contributed by atoms with Crippen LogP contribution in [0.1, 0.15) is 28.7 Å². The van der Waals surface area contributed by atoms with E-state index in [1.54, 1.807) is 0 Å². The Labute approximate surface area is 204 Å². The molecule has 0 aromatic heterocycles.